The Morgan fingerprint density at radius 2 is 2.32 bits per heavy atom. The number of carbonyl (C=O) groups is 1. The normalized spacial score (nSPS) is 21.1. The third-order valence-corrected chi connectivity index (χ3v) is 5.02. The molecule has 2 unspecified atom stereocenters. The molecule has 8 nitrogen and oxygen atoms in total. The zero-order valence-electron chi connectivity index (χ0n) is 14.0. The zero-order valence-corrected chi connectivity index (χ0v) is 14.0. The fraction of sp³-hybridized carbons (Fsp3) is 0.471. The minimum absolute atomic E-state index is 0.0263. The van der Waals surface area contributed by atoms with Crippen LogP contribution in [0.5, 0.6) is 0 Å². The number of aromatic amines is 1. The van der Waals surface area contributed by atoms with E-state index in [9.17, 15) is 4.79 Å². The van der Waals surface area contributed by atoms with Crippen LogP contribution in [0.2, 0.25) is 0 Å². The Labute approximate surface area is 144 Å². The van der Waals surface area contributed by atoms with Gasteiger partial charge in [-0.25, -0.2) is 4.98 Å². The fourth-order valence-electron chi connectivity index (χ4n) is 3.83. The lowest BCUT2D eigenvalue weighted by Crippen LogP contribution is -2.27. The number of likely N-dealkylation sites (tertiary alicyclic amines) is 1. The molecule has 1 N–H and O–H groups in total. The minimum Gasteiger partial charge on any atom is -0.345 e. The van der Waals surface area contributed by atoms with Crippen LogP contribution < -0.4 is 0 Å². The first-order valence-corrected chi connectivity index (χ1v) is 8.49. The molecule has 25 heavy (non-hydrogen) atoms. The summed E-state index contributed by atoms with van der Waals surface area (Å²) in [6.07, 6.45) is 4.56. The summed E-state index contributed by atoms with van der Waals surface area (Å²) in [4.78, 5) is 21.4. The Hall–Kier alpha value is -2.79. The number of Topliss-reactive ketones (excluding diaryl/α,β-unsaturated/α-hetero) is 1. The van der Waals surface area contributed by atoms with Crippen molar-refractivity contribution in [1.82, 2.24) is 29.5 Å². The van der Waals surface area contributed by atoms with Crippen LogP contribution in [0.25, 0.3) is 16.8 Å². The predicted octanol–water partition coefficient (Wildman–Crippen LogP) is 1.51. The highest BCUT2D eigenvalue weighted by molar-refractivity contribution is 5.82. The monoisotopic (exact) mass is 337 g/mol. The Kier molecular flexibility index (Phi) is 3.93. The van der Waals surface area contributed by atoms with Gasteiger partial charge in [-0.1, -0.05) is 13.3 Å². The molecule has 1 aliphatic rings. The number of nitriles is 1. The fourth-order valence-corrected chi connectivity index (χ4v) is 3.83. The Morgan fingerprint density at radius 1 is 1.44 bits per heavy atom. The number of ketones is 1. The lowest BCUT2D eigenvalue weighted by molar-refractivity contribution is -0.119. The molecular weight excluding hydrogens is 318 g/mol. The predicted molar refractivity (Wildman–Crippen MR) is 90.8 cm³/mol. The molecule has 8 heteroatoms. The summed E-state index contributed by atoms with van der Waals surface area (Å²) in [5, 5.41) is 17.4. The molecule has 0 aromatic carbocycles. The van der Waals surface area contributed by atoms with Crippen LogP contribution in [0.15, 0.2) is 18.5 Å². The van der Waals surface area contributed by atoms with Crippen LogP contribution in [0.4, 0.5) is 0 Å². The summed E-state index contributed by atoms with van der Waals surface area (Å²) < 4.78 is 2.06. The third kappa shape index (κ3) is 2.66. The van der Waals surface area contributed by atoms with Crippen molar-refractivity contribution >= 4 is 22.6 Å². The van der Waals surface area contributed by atoms with Gasteiger partial charge in [0.25, 0.3) is 0 Å². The van der Waals surface area contributed by atoms with Crippen LogP contribution in [-0.2, 0) is 4.79 Å². The van der Waals surface area contributed by atoms with Crippen molar-refractivity contribution in [2.24, 2.45) is 5.92 Å². The highest BCUT2D eigenvalue weighted by atomic mass is 16.1. The van der Waals surface area contributed by atoms with Gasteiger partial charge in [0.2, 0.25) is 0 Å². The van der Waals surface area contributed by atoms with Crippen molar-refractivity contribution in [3.05, 3.63) is 24.3 Å². The van der Waals surface area contributed by atoms with Crippen molar-refractivity contribution in [1.29, 1.82) is 5.26 Å². The van der Waals surface area contributed by atoms with Crippen LogP contribution in [0.3, 0.4) is 0 Å². The number of nitrogens with zero attached hydrogens (tertiary/aromatic N) is 6. The van der Waals surface area contributed by atoms with Gasteiger partial charge in [-0.15, -0.1) is 10.2 Å². The molecule has 3 aromatic heterocycles. The Morgan fingerprint density at radius 3 is 3.12 bits per heavy atom. The lowest BCUT2D eigenvalue weighted by atomic mass is 9.93. The van der Waals surface area contributed by atoms with E-state index in [1.165, 1.54) is 0 Å². The first kappa shape index (κ1) is 15.7. The van der Waals surface area contributed by atoms with E-state index in [1.807, 2.05) is 18.3 Å². The van der Waals surface area contributed by atoms with Crippen LogP contribution in [-0.4, -0.2) is 54.9 Å². The number of rotatable bonds is 5. The first-order chi connectivity index (χ1) is 12.2. The maximum Gasteiger partial charge on any atom is 0.179 e. The van der Waals surface area contributed by atoms with Gasteiger partial charge >= 0.3 is 0 Å². The van der Waals surface area contributed by atoms with Crippen molar-refractivity contribution in [3.63, 3.8) is 0 Å². The van der Waals surface area contributed by atoms with Gasteiger partial charge in [0.05, 0.1) is 30.7 Å². The number of fused-ring (bicyclic) bond motifs is 3. The van der Waals surface area contributed by atoms with Crippen LogP contribution in [0, 0.1) is 17.2 Å². The average molecular weight is 337 g/mol. The number of nitrogens with one attached hydrogen (secondary N) is 1. The highest BCUT2D eigenvalue weighted by Crippen LogP contribution is 2.34. The van der Waals surface area contributed by atoms with Gasteiger partial charge in [-0.2, -0.15) is 5.26 Å². The molecule has 0 aliphatic carbocycles. The molecule has 4 rings (SSSR count). The van der Waals surface area contributed by atoms with E-state index in [4.69, 9.17) is 5.26 Å². The number of aromatic nitrogens is 5. The highest BCUT2D eigenvalue weighted by Gasteiger charge is 2.36. The molecule has 0 saturated carbocycles. The van der Waals surface area contributed by atoms with E-state index < -0.39 is 0 Å². The molecule has 0 amide bonds. The summed E-state index contributed by atoms with van der Waals surface area (Å²) in [5.41, 5.74) is 2.50. The van der Waals surface area contributed by atoms with E-state index in [2.05, 4.69) is 36.4 Å². The van der Waals surface area contributed by atoms with Crippen LogP contribution in [0.1, 0.15) is 31.5 Å². The van der Waals surface area contributed by atoms with Crippen molar-refractivity contribution in [2.75, 3.05) is 19.6 Å². The minimum atomic E-state index is -0.0265. The van der Waals surface area contributed by atoms with E-state index in [1.54, 1.807) is 6.20 Å². The Balaban J connectivity index is 1.69. The van der Waals surface area contributed by atoms with Crippen LogP contribution >= 0.6 is 0 Å². The quantitative estimate of drug-likeness (QED) is 0.757. The summed E-state index contributed by atoms with van der Waals surface area (Å²) in [7, 11) is 0. The molecule has 4 heterocycles. The van der Waals surface area contributed by atoms with Gasteiger partial charge in [0.15, 0.2) is 17.1 Å². The topological polar surface area (TPSA) is 103 Å². The third-order valence-electron chi connectivity index (χ3n) is 5.02. The molecule has 1 saturated heterocycles. The maximum absolute atomic E-state index is 11.8. The SMILES string of the molecule is CCC1CN(CC(=O)CC#N)CC1c1nnc2cnc3[nH]ccc3n12. The van der Waals surface area contributed by atoms with Gasteiger partial charge in [-0.05, 0) is 12.0 Å². The number of carbonyl (C=O) groups excluding carboxylic acids is 1. The number of hydrogen-bond donors (Lipinski definition) is 1. The second-order valence-corrected chi connectivity index (χ2v) is 6.56. The summed E-state index contributed by atoms with van der Waals surface area (Å²) in [5.74, 6) is 1.50. The standard InChI is InChI=1S/C17H19N7O/c1-2-11-8-23(9-12(25)3-5-18)10-13(11)17-22-21-15-7-20-16-14(24(15)17)4-6-19-16/h4,6-7,11,13,19H,2-3,8-10H2,1H3. The summed E-state index contributed by atoms with van der Waals surface area (Å²) in [6, 6.07) is 3.91. The molecule has 1 aliphatic heterocycles. The Bertz CT molecular complexity index is 966. The summed E-state index contributed by atoms with van der Waals surface area (Å²) in [6.45, 7) is 4.09. The average Bonchev–Trinajstić information content (AvgIpc) is 3.31. The molecule has 2 atom stereocenters. The molecule has 3 aromatic rings. The van der Waals surface area contributed by atoms with Crippen molar-refractivity contribution in [2.45, 2.75) is 25.7 Å². The van der Waals surface area contributed by atoms with Gasteiger partial charge in [-0.3, -0.25) is 14.1 Å². The first-order valence-electron chi connectivity index (χ1n) is 8.49. The van der Waals surface area contributed by atoms with E-state index in [-0.39, 0.29) is 18.1 Å². The zero-order chi connectivity index (χ0) is 17.4. The smallest absolute Gasteiger partial charge is 0.179 e. The van der Waals surface area contributed by atoms with Crippen molar-refractivity contribution < 1.29 is 4.79 Å². The molecule has 0 spiro atoms. The van der Waals surface area contributed by atoms with Crippen molar-refractivity contribution in [3.8, 4) is 6.07 Å². The lowest BCUT2D eigenvalue weighted by Gasteiger charge is -2.15. The molecule has 0 radical (unpaired) electrons. The second kappa shape index (κ2) is 6.26. The maximum atomic E-state index is 11.8. The molecule has 1 fully saturated rings. The second-order valence-electron chi connectivity index (χ2n) is 6.56. The van der Waals surface area contributed by atoms with E-state index in [0.29, 0.717) is 12.5 Å². The molecular formula is C17H19N7O. The molecule has 0 bridgehead atoms. The van der Waals surface area contributed by atoms with E-state index in [0.717, 1.165) is 42.1 Å². The number of H-pyrrole nitrogens is 1. The van der Waals surface area contributed by atoms with Gasteiger partial charge in [0, 0.05) is 25.2 Å². The largest absolute Gasteiger partial charge is 0.345 e. The van der Waals surface area contributed by atoms with Gasteiger partial charge in [0.1, 0.15) is 5.82 Å². The molecule has 128 valence electrons. The summed E-state index contributed by atoms with van der Waals surface area (Å²) >= 11 is 0. The number of hydrogen-bond acceptors (Lipinski definition) is 6. The van der Waals surface area contributed by atoms with E-state index >= 15 is 0 Å². The van der Waals surface area contributed by atoms with Gasteiger partial charge < -0.3 is 4.98 Å².